The van der Waals surface area contributed by atoms with Crippen LogP contribution in [0, 0.1) is 5.92 Å². The Morgan fingerprint density at radius 3 is 2.75 bits per heavy atom. The molecule has 4 heteroatoms. The maximum atomic E-state index is 5.63. The van der Waals surface area contributed by atoms with Crippen LogP contribution in [0.4, 0.5) is 0 Å². The number of para-hydroxylation sites is 1. The molecule has 0 aliphatic heterocycles. The van der Waals surface area contributed by atoms with Crippen LogP contribution in [-0.4, -0.2) is 25.7 Å². The van der Waals surface area contributed by atoms with Gasteiger partial charge in [-0.3, -0.25) is 0 Å². The lowest BCUT2D eigenvalue weighted by Crippen LogP contribution is -2.38. The average Bonchev–Trinajstić information content (AvgIpc) is 3.28. The molecule has 0 aromatic heterocycles. The number of nitrogens with zero attached hydrogens (tertiary/aromatic N) is 1. The zero-order chi connectivity index (χ0) is 14.2. The molecule has 1 aliphatic carbocycles. The maximum Gasteiger partial charge on any atom is 0.191 e. The Balaban J connectivity index is 1.95. The van der Waals surface area contributed by atoms with Gasteiger partial charge in [0.05, 0.1) is 13.2 Å². The quantitative estimate of drug-likeness (QED) is 0.594. The van der Waals surface area contributed by atoms with Crippen molar-refractivity contribution in [3.63, 3.8) is 0 Å². The predicted octanol–water partition coefficient (Wildman–Crippen LogP) is 2.55. The Morgan fingerprint density at radius 1 is 1.25 bits per heavy atom. The molecule has 110 valence electrons. The fourth-order valence-electron chi connectivity index (χ4n) is 2.00. The molecule has 1 aromatic rings. The highest BCUT2D eigenvalue weighted by atomic mass is 16.5. The van der Waals surface area contributed by atoms with Gasteiger partial charge in [-0.2, -0.15) is 0 Å². The highest BCUT2D eigenvalue weighted by Gasteiger charge is 2.21. The monoisotopic (exact) mass is 275 g/mol. The van der Waals surface area contributed by atoms with Crippen molar-refractivity contribution in [1.29, 1.82) is 0 Å². The summed E-state index contributed by atoms with van der Waals surface area (Å²) in [6.45, 7) is 7.31. The van der Waals surface area contributed by atoms with Gasteiger partial charge in [-0.25, -0.2) is 4.99 Å². The molecule has 0 heterocycles. The summed E-state index contributed by atoms with van der Waals surface area (Å²) in [4.78, 5) is 4.64. The van der Waals surface area contributed by atoms with Gasteiger partial charge in [0.25, 0.3) is 0 Å². The van der Waals surface area contributed by atoms with E-state index in [4.69, 9.17) is 4.74 Å². The molecule has 1 fully saturated rings. The van der Waals surface area contributed by atoms with E-state index in [-0.39, 0.29) is 0 Å². The molecule has 2 rings (SSSR count). The van der Waals surface area contributed by atoms with Gasteiger partial charge in [0.2, 0.25) is 0 Å². The predicted molar refractivity (Wildman–Crippen MR) is 83.2 cm³/mol. The van der Waals surface area contributed by atoms with Crippen LogP contribution in [0.2, 0.25) is 0 Å². The molecule has 1 saturated carbocycles. The second-order valence-electron chi connectivity index (χ2n) is 5.06. The third-order valence-corrected chi connectivity index (χ3v) is 3.28. The molecule has 1 aliphatic rings. The lowest BCUT2D eigenvalue weighted by molar-refractivity contribution is 0.336. The Labute approximate surface area is 121 Å². The van der Waals surface area contributed by atoms with Gasteiger partial charge in [0, 0.05) is 18.7 Å². The van der Waals surface area contributed by atoms with E-state index in [1.165, 1.54) is 12.8 Å². The first-order chi connectivity index (χ1) is 9.83. The molecule has 1 aromatic carbocycles. The normalized spacial score (nSPS) is 15.0. The molecule has 4 nitrogen and oxygen atoms in total. The van der Waals surface area contributed by atoms with Gasteiger partial charge in [0.15, 0.2) is 5.96 Å². The van der Waals surface area contributed by atoms with Crippen LogP contribution in [0.3, 0.4) is 0 Å². The van der Waals surface area contributed by atoms with Crippen LogP contribution < -0.4 is 15.4 Å². The summed E-state index contributed by atoms with van der Waals surface area (Å²) >= 11 is 0. The summed E-state index contributed by atoms with van der Waals surface area (Å²) < 4.78 is 5.63. The second kappa shape index (κ2) is 7.78. The van der Waals surface area contributed by atoms with E-state index in [2.05, 4.69) is 28.6 Å². The first-order valence-electron chi connectivity index (χ1n) is 7.56. The summed E-state index contributed by atoms with van der Waals surface area (Å²) in [6.07, 6.45) is 2.69. The maximum absolute atomic E-state index is 5.63. The Kier molecular flexibility index (Phi) is 5.71. The Morgan fingerprint density at radius 2 is 2.05 bits per heavy atom. The van der Waals surface area contributed by atoms with Crippen LogP contribution in [0.25, 0.3) is 0 Å². The van der Waals surface area contributed by atoms with Crippen molar-refractivity contribution >= 4 is 5.96 Å². The van der Waals surface area contributed by atoms with E-state index in [0.717, 1.165) is 36.3 Å². The Hall–Kier alpha value is -1.71. The van der Waals surface area contributed by atoms with Gasteiger partial charge in [0.1, 0.15) is 5.75 Å². The van der Waals surface area contributed by atoms with Gasteiger partial charge in [-0.15, -0.1) is 0 Å². The molecular weight excluding hydrogens is 250 g/mol. The van der Waals surface area contributed by atoms with E-state index in [9.17, 15) is 0 Å². The lowest BCUT2D eigenvalue weighted by Gasteiger charge is -2.12. The fraction of sp³-hybridized carbons (Fsp3) is 0.562. The number of nitrogens with one attached hydrogen (secondary N) is 2. The van der Waals surface area contributed by atoms with Crippen LogP contribution in [0.1, 0.15) is 32.3 Å². The number of aliphatic imine (C=N–C) groups is 1. The minimum Gasteiger partial charge on any atom is -0.494 e. The lowest BCUT2D eigenvalue weighted by atomic mass is 10.2. The number of hydrogen-bond donors (Lipinski definition) is 2. The van der Waals surface area contributed by atoms with Crippen LogP contribution >= 0.6 is 0 Å². The van der Waals surface area contributed by atoms with Crippen molar-refractivity contribution in [2.24, 2.45) is 10.9 Å². The molecule has 0 radical (unpaired) electrons. The molecule has 0 bridgehead atoms. The minimum absolute atomic E-state index is 0.635. The zero-order valence-electron chi connectivity index (χ0n) is 12.5. The Bertz CT molecular complexity index is 441. The van der Waals surface area contributed by atoms with Crippen molar-refractivity contribution in [3.8, 4) is 5.75 Å². The second-order valence-corrected chi connectivity index (χ2v) is 5.06. The molecule has 0 spiro atoms. The smallest absolute Gasteiger partial charge is 0.191 e. The van der Waals surface area contributed by atoms with Crippen molar-refractivity contribution in [2.75, 3.05) is 19.7 Å². The molecule has 0 amide bonds. The van der Waals surface area contributed by atoms with Gasteiger partial charge < -0.3 is 15.4 Å². The van der Waals surface area contributed by atoms with Gasteiger partial charge in [-0.1, -0.05) is 18.2 Å². The van der Waals surface area contributed by atoms with Crippen LogP contribution in [-0.2, 0) is 6.54 Å². The van der Waals surface area contributed by atoms with Crippen LogP contribution in [0.5, 0.6) is 5.75 Å². The molecule has 0 atom stereocenters. The third kappa shape index (κ3) is 4.76. The molecular formula is C16H25N3O. The first kappa shape index (κ1) is 14.7. The first-order valence-corrected chi connectivity index (χ1v) is 7.56. The minimum atomic E-state index is 0.635. The summed E-state index contributed by atoms with van der Waals surface area (Å²) in [7, 11) is 0. The SMILES string of the molecule is CCNC(=NCc1ccccc1OCC)NCC1CC1. The standard InChI is InChI=1S/C16H25N3O/c1-3-17-16(18-11-13-9-10-13)19-12-14-7-5-6-8-15(14)20-4-2/h5-8,13H,3-4,9-12H2,1-2H3,(H2,17,18,19). The average molecular weight is 275 g/mol. The fourth-order valence-corrected chi connectivity index (χ4v) is 2.00. The van der Waals surface area contributed by atoms with E-state index in [1.807, 2.05) is 25.1 Å². The van der Waals surface area contributed by atoms with E-state index in [1.54, 1.807) is 0 Å². The zero-order valence-corrected chi connectivity index (χ0v) is 12.5. The summed E-state index contributed by atoms with van der Waals surface area (Å²) in [5.41, 5.74) is 1.12. The number of benzene rings is 1. The largest absolute Gasteiger partial charge is 0.494 e. The summed E-state index contributed by atoms with van der Waals surface area (Å²) in [5.74, 6) is 2.66. The van der Waals surface area contributed by atoms with Crippen molar-refractivity contribution < 1.29 is 4.74 Å². The van der Waals surface area contributed by atoms with Crippen molar-refractivity contribution in [2.45, 2.75) is 33.2 Å². The van der Waals surface area contributed by atoms with Crippen molar-refractivity contribution in [3.05, 3.63) is 29.8 Å². The molecule has 0 saturated heterocycles. The van der Waals surface area contributed by atoms with Crippen molar-refractivity contribution in [1.82, 2.24) is 10.6 Å². The molecule has 0 unspecified atom stereocenters. The van der Waals surface area contributed by atoms with E-state index in [0.29, 0.717) is 13.2 Å². The van der Waals surface area contributed by atoms with Crippen LogP contribution in [0.15, 0.2) is 29.3 Å². The number of rotatable bonds is 7. The topological polar surface area (TPSA) is 45.7 Å². The molecule has 20 heavy (non-hydrogen) atoms. The summed E-state index contributed by atoms with van der Waals surface area (Å²) in [5, 5.41) is 6.69. The number of ether oxygens (including phenoxy) is 1. The van der Waals surface area contributed by atoms with Gasteiger partial charge >= 0.3 is 0 Å². The molecule has 2 N–H and O–H groups in total. The number of guanidine groups is 1. The highest BCUT2D eigenvalue weighted by Crippen LogP contribution is 2.27. The third-order valence-electron chi connectivity index (χ3n) is 3.28. The van der Waals surface area contributed by atoms with Gasteiger partial charge in [-0.05, 0) is 38.7 Å². The van der Waals surface area contributed by atoms with E-state index >= 15 is 0 Å². The van der Waals surface area contributed by atoms with E-state index < -0.39 is 0 Å². The number of hydrogen-bond acceptors (Lipinski definition) is 2. The summed E-state index contributed by atoms with van der Waals surface area (Å²) in [6, 6.07) is 8.09. The highest BCUT2D eigenvalue weighted by molar-refractivity contribution is 5.79.